The highest BCUT2D eigenvalue weighted by Gasteiger charge is 1.96. The maximum Gasteiger partial charge on any atom is 0.260 e. The maximum absolute atomic E-state index is 8.15. The van der Waals surface area contributed by atoms with Crippen LogP contribution in [-0.2, 0) is 0 Å². The van der Waals surface area contributed by atoms with Crippen molar-refractivity contribution in [3.05, 3.63) is 23.4 Å². The average molecular weight is 166 g/mol. The molecule has 0 atom stereocenters. The van der Waals surface area contributed by atoms with Crippen molar-refractivity contribution in [1.29, 1.82) is 5.26 Å². The van der Waals surface area contributed by atoms with Gasteiger partial charge in [-0.2, -0.15) is 5.26 Å². The highest BCUT2D eigenvalue weighted by Crippen LogP contribution is 2.17. The lowest BCUT2D eigenvalue weighted by Crippen LogP contribution is -1.67. The Morgan fingerprint density at radius 3 is 3.18 bits per heavy atom. The van der Waals surface area contributed by atoms with Crippen LogP contribution in [0, 0.1) is 18.3 Å². The van der Waals surface area contributed by atoms with Crippen molar-refractivity contribution >= 4 is 11.8 Å². The number of aromatic nitrogens is 1. The van der Waals surface area contributed by atoms with Crippen LogP contribution in [0.5, 0.6) is 0 Å². The highest BCUT2D eigenvalue weighted by atomic mass is 32.2. The molecule has 0 aromatic carbocycles. The topological polar surface area (TPSA) is 49.8 Å². The third-order valence-electron chi connectivity index (χ3n) is 0.909. The molecule has 0 bridgehead atoms. The smallest absolute Gasteiger partial charge is 0.260 e. The normalized spacial score (nSPS) is 10.2. The maximum atomic E-state index is 8.15. The zero-order valence-corrected chi connectivity index (χ0v) is 6.76. The molecule has 0 radical (unpaired) electrons. The summed E-state index contributed by atoms with van der Waals surface area (Å²) in [5, 5.41) is 10.3. The zero-order chi connectivity index (χ0) is 8.10. The fraction of sp³-hybridized carbons (Fsp3) is 0.143. The van der Waals surface area contributed by atoms with E-state index in [2.05, 4.69) is 4.98 Å². The monoisotopic (exact) mass is 166 g/mol. The van der Waals surface area contributed by atoms with E-state index < -0.39 is 0 Å². The number of hydrogen-bond acceptors (Lipinski definition) is 4. The molecule has 0 saturated carbocycles. The van der Waals surface area contributed by atoms with Crippen LogP contribution in [0.4, 0.5) is 0 Å². The van der Waals surface area contributed by atoms with E-state index in [4.69, 9.17) is 9.68 Å². The lowest BCUT2D eigenvalue weighted by Gasteiger charge is -1.81. The van der Waals surface area contributed by atoms with Crippen LogP contribution in [0.2, 0.25) is 0 Å². The summed E-state index contributed by atoms with van der Waals surface area (Å²) < 4.78 is 5.00. The number of oxazole rings is 1. The number of nitrogens with zero attached hydrogens (tertiary/aromatic N) is 2. The van der Waals surface area contributed by atoms with E-state index in [1.807, 2.05) is 13.0 Å². The van der Waals surface area contributed by atoms with Crippen molar-refractivity contribution in [2.45, 2.75) is 12.1 Å². The number of rotatable bonds is 2. The Morgan fingerprint density at radius 2 is 2.64 bits per heavy atom. The number of hydrogen-bond donors (Lipinski definition) is 0. The summed E-state index contributed by atoms with van der Waals surface area (Å²) in [6.07, 6.45) is 2.95. The van der Waals surface area contributed by atoms with Gasteiger partial charge in [0.1, 0.15) is 6.26 Å². The molecular weight excluding hydrogens is 160 g/mol. The first kappa shape index (κ1) is 7.89. The molecular formula is C7H6N2OS. The molecule has 0 saturated heterocycles. The first-order valence-electron chi connectivity index (χ1n) is 2.96. The third-order valence-corrected chi connectivity index (χ3v) is 1.57. The van der Waals surface area contributed by atoms with Gasteiger partial charge in [-0.25, -0.2) is 4.98 Å². The number of allylic oxidation sites excluding steroid dienone is 1. The highest BCUT2D eigenvalue weighted by molar-refractivity contribution is 8.01. The average Bonchev–Trinajstić information content (AvgIpc) is 2.37. The number of thioether (sulfide) groups is 1. The quantitative estimate of drug-likeness (QED) is 0.498. The van der Waals surface area contributed by atoms with E-state index in [0.717, 1.165) is 5.69 Å². The lowest BCUT2D eigenvalue weighted by atomic mass is 10.6. The fourth-order valence-electron chi connectivity index (χ4n) is 0.509. The second-order valence-corrected chi connectivity index (χ2v) is 2.66. The SMILES string of the molecule is Cc1coc(S/C=C/C#N)n1. The molecule has 0 fully saturated rings. The van der Waals surface area contributed by atoms with E-state index >= 15 is 0 Å². The van der Waals surface area contributed by atoms with Crippen molar-refractivity contribution in [2.75, 3.05) is 0 Å². The van der Waals surface area contributed by atoms with Gasteiger partial charge in [-0.1, -0.05) is 0 Å². The van der Waals surface area contributed by atoms with Gasteiger partial charge in [-0.3, -0.25) is 0 Å². The molecule has 1 rings (SSSR count). The first-order chi connectivity index (χ1) is 5.33. The minimum atomic E-state index is 0.564. The Kier molecular flexibility index (Phi) is 2.75. The molecule has 3 nitrogen and oxygen atoms in total. The molecule has 1 aromatic heterocycles. The van der Waals surface area contributed by atoms with Gasteiger partial charge >= 0.3 is 0 Å². The molecule has 1 heterocycles. The Balaban J connectivity index is 2.53. The van der Waals surface area contributed by atoms with Crippen LogP contribution in [0.3, 0.4) is 0 Å². The summed E-state index contributed by atoms with van der Waals surface area (Å²) in [6, 6.07) is 1.87. The molecule has 4 heteroatoms. The summed E-state index contributed by atoms with van der Waals surface area (Å²) >= 11 is 1.28. The summed E-state index contributed by atoms with van der Waals surface area (Å²) in [6.45, 7) is 1.85. The molecule has 11 heavy (non-hydrogen) atoms. The molecule has 0 spiro atoms. The summed E-state index contributed by atoms with van der Waals surface area (Å²) in [5.41, 5.74) is 0.845. The Bertz CT molecular complexity index is 298. The second-order valence-electron chi connectivity index (χ2n) is 1.80. The molecule has 0 aliphatic rings. The van der Waals surface area contributed by atoms with Crippen molar-refractivity contribution in [2.24, 2.45) is 0 Å². The van der Waals surface area contributed by atoms with Gasteiger partial charge in [0.25, 0.3) is 5.22 Å². The Hall–Kier alpha value is -1.21. The first-order valence-corrected chi connectivity index (χ1v) is 3.84. The minimum absolute atomic E-state index is 0.564. The predicted molar refractivity (Wildman–Crippen MR) is 41.9 cm³/mol. The molecule has 0 amide bonds. The van der Waals surface area contributed by atoms with E-state index in [9.17, 15) is 0 Å². The second kappa shape index (κ2) is 3.84. The predicted octanol–water partition coefficient (Wildman–Crippen LogP) is 2.11. The van der Waals surface area contributed by atoms with Crippen LogP contribution in [0.1, 0.15) is 5.69 Å². The van der Waals surface area contributed by atoms with Crippen LogP contribution < -0.4 is 0 Å². The Labute approximate surface area is 68.7 Å². The van der Waals surface area contributed by atoms with Crippen LogP contribution in [-0.4, -0.2) is 4.98 Å². The van der Waals surface area contributed by atoms with Crippen LogP contribution in [0.15, 0.2) is 27.4 Å². The van der Waals surface area contributed by atoms with Gasteiger partial charge in [-0.15, -0.1) is 0 Å². The van der Waals surface area contributed by atoms with Gasteiger partial charge in [0, 0.05) is 6.08 Å². The van der Waals surface area contributed by atoms with Gasteiger partial charge in [0.2, 0.25) is 0 Å². The number of aryl methyl sites for hydroxylation is 1. The summed E-state index contributed by atoms with van der Waals surface area (Å²) in [5.74, 6) is 0. The molecule has 0 aliphatic carbocycles. The summed E-state index contributed by atoms with van der Waals surface area (Å²) in [7, 11) is 0. The van der Waals surface area contributed by atoms with Crippen molar-refractivity contribution in [3.8, 4) is 6.07 Å². The van der Waals surface area contributed by atoms with Gasteiger partial charge < -0.3 is 4.42 Å². The van der Waals surface area contributed by atoms with E-state index in [1.54, 1.807) is 11.7 Å². The zero-order valence-electron chi connectivity index (χ0n) is 5.94. The van der Waals surface area contributed by atoms with Crippen molar-refractivity contribution in [3.63, 3.8) is 0 Å². The standard InChI is InChI=1S/C7H6N2OS/c1-6-5-10-7(9-6)11-4-2-3-8/h2,4-5H,1H3/b4-2+. The molecule has 1 aromatic rings. The van der Waals surface area contributed by atoms with Crippen LogP contribution >= 0.6 is 11.8 Å². The molecule has 0 aliphatic heterocycles. The molecule has 0 unspecified atom stereocenters. The van der Waals surface area contributed by atoms with Crippen LogP contribution in [0.25, 0.3) is 0 Å². The number of nitriles is 1. The largest absolute Gasteiger partial charge is 0.439 e. The van der Waals surface area contributed by atoms with Crippen molar-refractivity contribution < 1.29 is 4.42 Å². The molecule has 0 N–H and O–H groups in total. The third kappa shape index (κ3) is 2.48. The van der Waals surface area contributed by atoms with Gasteiger partial charge in [-0.05, 0) is 24.1 Å². The van der Waals surface area contributed by atoms with E-state index in [1.165, 1.54) is 17.8 Å². The van der Waals surface area contributed by atoms with Gasteiger partial charge in [0.15, 0.2) is 0 Å². The summed E-state index contributed by atoms with van der Waals surface area (Å²) in [4.78, 5) is 4.02. The fourth-order valence-corrected chi connectivity index (χ4v) is 1.05. The lowest BCUT2D eigenvalue weighted by molar-refractivity contribution is 0.455. The molecule has 56 valence electrons. The van der Waals surface area contributed by atoms with E-state index in [-0.39, 0.29) is 0 Å². The Morgan fingerprint density at radius 1 is 1.82 bits per heavy atom. The van der Waals surface area contributed by atoms with Gasteiger partial charge in [0.05, 0.1) is 11.8 Å². The minimum Gasteiger partial charge on any atom is -0.439 e. The van der Waals surface area contributed by atoms with Crippen molar-refractivity contribution in [1.82, 2.24) is 4.98 Å². The van der Waals surface area contributed by atoms with E-state index in [0.29, 0.717) is 5.22 Å².